The number of rotatable bonds is 2. The van der Waals surface area contributed by atoms with Crippen LogP contribution in [0.2, 0.25) is 0 Å². The second-order valence-corrected chi connectivity index (χ2v) is 4.67. The molecule has 0 bridgehead atoms. The van der Waals surface area contributed by atoms with E-state index in [9.17, 15) is 5.11 Å². The Bertz CT molecular complexity index is 354. The SMILES string of the molecule is CC(O)CN1CCOc2ccc(Br)cc21. The van der Waals surface area contributed by atoms with Crippen LogP contribution in [0.25, 0.3) is 0 Å². The summed E-state index contributed by atoms with van der Waals surface area (Å²) >= 11 is 3.44. The second-order valence-electron chi connectivity index (χ2n) is 3.76. The number of β-amino-alcohol motifs (C(OH)–C–C–N with tert-alkyl or cyclic N) is 1. The minimum absolute atomic E-state index is 0.324. The molecule has 1 atom stereocenters. The van der Waals surface area contributed by atoms with Crippen molar-refractivity contribution >= 4 is 21.6 Å². The van der Waals surface area contributed by atoms with E-state index >= 15 is 0 Å². The standard InChI is InChI=1S/C11H14BrNO2/c1-8(14)7-13-4-5-15-11-3-2-9(12)6-10(11)13/h2-3,6,8,14H,4-5,7H2,1H3. The molecule has 0 fully saturated rings. The van der Waals surface area contributed by atoms with Crippen LogP contribution in [0.1, 0.15) is 6.92 Å². The summed E-state index contributed by atoms with van der Waals surface area (Å²) in [6.07, 6.45) is -0.324. The van der Waals surface area contributed by atoms with E-state index in [1.807, 2.05) is 18.2 Å². The highest BCUT2D eigenvalue weighted by Crippen LogP contribution is 2.33. The number of aliphatic hydroxyl groups excluding tert-OH is 1. The minimum atomic E-state index is -0.324. The first-order valence-electron chi connectivity index (χ1n) is 5.02. The van der Waals surface area contributed by atoms with Gasteiger partial charge < -0.3 is 14.7 Å². The van der Waals surface area contributed by atoms with Gasteiger partial charge in [0.1, 0.15) is 12.4 Å². The zero-order chi connectivity index (χ0) is 10.8. The molecular formula is C11H14BrNO2. The lowest BCUT2D eigenvalue weighted by Gasteiger charge is -2.32. The number of hydrogen-bond donors (Lipinski definition) is 1. The zero-order valence-corrected chi connectivity index (χ0v) is 10.2. The molecule has 0 spiro atoms. The molecule has 1 heterocycles. The lowest BCUT2D eigenvalue weighted by atomic mass is 10.2. The van der Waals surface area contributed by atoms with Gasteiger partial charge in [0.2, 0.25) is 0 Å². The van der Waals surface area contributed by atoms with E-state index in [2.05, 4.69) is 20.8 Å². The Balaban J connectivity index is 2.28. The maximum atomic E-state index is 9.41. The number of nitrogens with zero attached hydrogens (tertiary/aromatic N) is 1. The molecule has 1 unspecified atom stereocenters. The molecule has 1 aromatic carbocycles. The fraction of sp³-hybridized carbons (Fsp3) is 0.455. The number of anilines is 1. The number of fused-ring (bicyclic) bond motifs is 1. The molecule has 0 radical (unpaired) electrons. The summed E-state index contributed by atoms with van der Waals surface area (Å²) in [5, 5.41) is 9.41. The maximum absolute atomic E-state index is 9.41. The van der Waals surface area contributed by atoms with Crippen LogP contribution in [0, 0.1) is 0 Å². The van der Waals surface area contributed by atoms with Crippen molar-refractivity contribution in [3.63, 3.8) is 0 Å². The van der Waals surface area contributed by atoms with Crippen molar-refractivity contribution in [3.05, 3.63) is 22.7 Å². The lowest BCUT2D eigenvalue weighted by molar-refractivity contribution is 0.194. The average molecular weight is 272 g/mol. The highest BCUT2D eigenvalue weighted by Gasteiger charge is 2.19. The summed E-state index contributed by atoms with van der Waals surface area (Å²) in [7, 11) is 0. The fourth-order valence-electron chi connectivity index (χ4n) is 1.75. The number of ether oxygens (including phenoxy) is 1. The van der Waals surface area contributed by atoms with Crippen molar-refractivity contribution in [2.24, 2.45) is 0 Å². The molecule has 0 aliphatic carbocycles. The van der Waals surface area contributed by atoms with Crippen LogP contribution in [-0.4, -0.2) is 30.9 Å². The minimum Gasteiger partial charge on any atom is -0.490 e. The Hall–Kier alpha value is -0.740. The fourth-order valence-corrected chi connectivity index (χ4v) is 2.10. The van der Waals surface area contributed by atoms with Crippen molar-refractivity contribution < 1.29 is 9.84 Å². The van der Waals surface area contributed by atoms with Gasteiger partial charge in [0, 0.05) is 11.0 Å². The molecule has 1 aliphatic rings. The molecule has 0 saturated heterocycles. The summed E-state index contributed by atoms with van der Waals surface area (Å²) in [5.41, 5.74) is 1.05. The Morgan fingerprint density at radius 2 is 2.40 bits per heavy atom. The number of benzene rings is 1. The van der Waals surface area contributed by atoms with E-state index in [1.165, 1.54) is 0 Å². The van der Waals surface area contributed by atoms with Gasteiger partial charge >= 0.3 is 0 Å². The Labute approximate surface area is 97.8 Å². The summed E-state index contributed by atoms with van der Waals surface area (Å²) in [4.78, 5) is 2.15. The molecule has 1 N–H and O–H groups in total. The topological polar surface area (TPSA) is 32.7 Å². The first-order chi connectivity index (χ1) is 7.16. The number of aliphatic hydroxyl groups is 1. The van der Waals surface area contributed by atoms with E-state index in [1.54, 1.807) is 6.92 Å². The van der Waals surface area contributed by atoms with Gasteiger partial charge in [-0.3, -0.25) is 0 Å². The smallest absolute Gasteiger partial charge is 0.142 e. The van der Waals surface area contributed by atoms with Crippen LogP contribution >= 0.6 is 15.9 Å². The Morgan fingerprint density at radius 3 is 3.13 bits per heavy atom. The highest BCUT2D eigenvalue weighted by atomic mass is 79.9. The van der Waals surface area contributed by atoms with Gasteiger partial charge in [-0.15, -0.1) is 0 Å². The van der Waals surface area contributed by atoms with Gasteiger partial charge in [-0.25, -0.2) is 0 Å². The molecule has 1 aliphatic heterocycles. The molecule has 3 nitrogen and oxygen atoms in total. The molecule has 2 rings (SSSR count). The van der Waals surface area contributed by atoms with Gasteiger partial charge in [-0.05, 0) is 25.1 Å². The van der Waals surface area contributed by atoms with Crippen LogP contribution in [0.3, 0.4) is 0 Å². The van der Waals surface area contributed by atoms with Gasteiger partial charge in [-0.2, -0.15) is 0 Å². The van der Waals surface area contributed by atoms with Crippen molar-refractivity contribution in [1.29, 1.82) is 0 Å². The summed E-state index contributed by atoms with van der Waals surface area (Å²) in [5.74, 6) is 0.894. The van der Waals surface area contributed by atoms with Crippen LogP contribution < -0.4 is 9.64 Å². The predicted molar refractivity (Wildman–Crippen MR) is 63.5 cm³/mol. The first-order valence-corrected chi connectivity index (χ1v) is 5.81. The number of hydrogen-bond acceptors (Lipinski definition) is 3. The quantitative estimate of drug-likeness (QED) is 0.894. The van der Waals surface area contributed by atoms with Crippen molar-refractivity contribution in [3.8, 4) is 5.75 Å². The Kier molecular flexibility index (Phi) is 3.17. The molecule has 0 amide bonds. The van der Waals surface area contributed by atoms with Crippen LogP contribution in [0.15, 0.2) is 22.7 Å². The van der Waals surface area contributed by atoms with Gasteiger partial charge in [0.15, 0.2) is 0 Å². The summed E-state index contributed by atoms with van der Waals surface area (Å²) < 4.78 is 6.58. The third kappa shape index (κ3) is 2.44. The maximum Gasteiger partial charge on any atom is 0.142 e. The van der Waals surface area contributed by atoms with Gasteiger partial charge in [0.05, 0.1) is 18.3 Å². The summed E-state index contributed by atoms with van der Waals surface area (Å²) in [6, 6.07) is 5.94. The van der Waals surface area contributed by atoms with Crippen LogP contribution in [-0.2, 0) is 0 Å². The van der Waals surface area contributed by atoms with Gasteiger partial charge in [0.25, 0.3) is 0 Å². The second kappa shape index (κ2) is 4.41. The van der Waals surface area contributed by atoms with Crippen LogP contribution in [0.4, 0.5) is 5.69 Å². The first kappa shape index (κ1) is 10.8. The van der Waals surface area contributed by atoms with E-state index in [-0.39, 0.29) is 6.10 Å². The third-order valence-electron chi connectivity index (χ3n) is 2.37. The van der Waals surface area contributed by atoms with E-state index in [0.29, 0.717) is 13.2 Å². The molecule has 0 saturated carbocycles. The molecule has 82 valence electrons. The molecular weight excluding hydrogens is 258 g/mol. The lowest BCUT2D eigenvalue weighted by Crippen LogP contribution is -2.37. The van der Waals surface area contributed by atoms with Crippen molar-refractivity contribution in [2.75, 3.05) is 24.6 Å². The van der Waals surface area contributed by atoms with Crippen LogP contribution in [0.5, 0.6) is 5.75 Å². The van der Waals surface area contributed by atoms with Crippen molar-refractivity contribution in [2.45, 2.75) is 13.0 Å². The number of halogens is 1. The summed E-state index contributed by atoms with van der Waals surface area (Å²) in [6.45, 7) is 3.95. The predicted octanol–water partition coefficient (Wildman–Crippen LogP) is 2.03. The molecule has 15 heavy (non-hydrogen) atoms. The Morgan fingerprint density at radius 1 is 1.60 bits per heavy atom. The normalized spacial score (nSPS) is 16.9. The molecule has 4 heteroatoms. The third-order valence-corrected chi connectivity index (χ3v) is 2.86. The van der Waals surface area contributed by atoms with E-state index in [0.717, 1.165) is 22.5 Å². The van der Waals surface area contributed by atoms with Gasteiger partial charge in [-0.1, -0.05) is 15.9 Å². The monoisotopic (exact) mass is 271 g/mol. The zero-order valence-electron chi connectivity index (χ0n) is 8.61. The largest absolute Gasteiger partial charge is 0.490 e. The molecule has 0 aromatic heterocycles. The highest BCUT2D eigenvalue weighted by molar-refractivity contribution is 9.10. The average Bonchev–Trinajstić information content (AvgIpc) is 2.18. The van der Waals surface area contributed by atoms with E-state index < -0.39 is 0 Å². The molecule has 1 aromatic rings. The van der Waals surface area contributed by atoms with E-state index in [4.69, 9.17) is 4.74 Å². The van der Waals surface area contributed by atoms with Crippen molar-refractivity contribution in [1.82, 2.24) is 0 Å².